The van der Waals surface area contributed by atoms with Crippen LogP contribution in [0.5, 0.6) is 5.75 Å². The van der Waals surface area contributed by atoms with Crippen LogP contribution in [0.15, 0.2) is 24.3 Å². The third-order valence-electron chi connectivity index (χ3n) is 6.50. The Labute approximate surface area is 199 Å². The van der Waals surface area contributed by atoms with Crippen molar-refractivity contribution in [3.63, 3.8) is 0 Å². The van der Waals surface area contributed by atoms with Gasteiger partial charge in [-0.15, -0.1) is 0 Å². The van der Waals surface area contributed by atoms with E-state index in [9.17, 15) is 29.4 Å². The number of piperidine rings is 2. The zero-order chi connectivity index (χ0) is 24.5. The number of carbonyl (C=O) groups is 4. The minimum absolute atomic E-state index is 0.000845. The number of carbonyl (C=O) groups excluding carboxylic acids is 3. The maximum atomic E-state index is 12.9. The van der Waals surface area contributed by atoms with Crippen molar-refractivity contribution < 1.29 is 29.4 Å². The quantitative estimate of drug-likeness (QED) is 0.336. The molecule has 0 aliphatic carbocycles. The fourth-order valence-electron chi connectivity index (χ4n) is 4.53. The molecule has 1 aromatic rings. The number of benzene rings is 1. The van der Waals surface area contributed by atoms with E-state index in [1.165, 1.54) is 24.3 Å². The van der Waals surface area contributed by atoms with Gasteiger partial charge in [-0.2, -0.15) is 0 Å². The molecule has 186 valence electrons. The highest BCUT2D eigenvalue weighted by Gasteiger charge is 2.30. The Morgan fingerprint density at radius 3 is 2.44 bits per heavy atom. The Kier molecular flexibility index (Phi) is 9.26. The van der Waals surface area contributed by atoms with Gasteiger partial charge >= 0.3 is 5.97 Å². The minimum Gasteiger partial charge on any atom is -0.508 e. The summed E-state index contributed by atoms with van der Waals surface area (Å²) in [6.45, 7) is 2.89. The number of amides is 3. The van der Waals surface area contributed by atoms with Crippen molar-refractivity contribution in [3.05, 3.63) is 29.8 Å². The lowest BCUT2D eigenvalue weighted by molar-refractivity contribution is -0.138. The average Bonchev–Trinajstić information content (AvgIpc) is 2.83. The van der Waals surface area contributed by atoms with Crippen molar-refractivity contribution in [2.45, 2.75) is 51.1 Å². The number of carboxylic acids is 1. The van der Waals surface area contributed by atoms with Crippen molar-refractivity contribution in [3.8, 4) is 5.75 Å². The van der Waals surface area contributed by atoms with E-state index in [2.05, 4.69) is 16.0 Å². The molecule has 2 aliphatic rings. The first-order valence-electron chi connectivity index (χ1n) is 11.9. The molecule has 1 aromatic carbocycles. The van der Waals surface area contributed by atoms with Crippen LogP contribution in [0, 0.1) is 11.8 Å². The smallest absolute Gasteiger partial charge is 0.307 e. The molecule has 2 atom stereocenters. The molecule has 34 heavy (non-hydrogen) atoms. The highest BCUT2D eigenvalue weighted by atomic mass is 16.4. The number of hydrogen-bond donors (Lipinski definition) is 5. The van der Waals surface area contributed by atoms with Crippen molar-refractivity contribution in [1.29, 1.82) is 0 Å². The number of rotatable bonds is 9. The molecule has 10 heteroatoms. The van der Waals surface area contributed by atoms with Crippen LogP contribution in [0.4, 0.5) is 0 Å². The molecule has 0 radical (unpaired) electrons. The van der Waals surface area contributed by atoms with Gasteiger partial charge < -0.3 is 31.1 Å². The topological polar surface area (TPSA) is 148 Å². The van der Waals surface area contributed by atoms with E-state index in [1.807, 2.05) is 0 Å². The Morgan fingerprint density at radius 1 is 1.06 bits per heavy atom. The predicted molar refractivity (Wildman–Crippen MR) is 124 cm³/mol. The molecule has 2 aliphatic heterocycles. The number of phenolic OH excluding ortho intramolecular Hbond substituents is 1. The summed E-state index contributed by atoms with van der Waals surface area (Å²) in [7, 11) is 0. The summed E-state index contributed by atoms with van der Waals surface area (Å²) in [5.41, 5.74) is 0.227. The molecule has 0 bridgehead atoms. The van der Waals surface area contributed by atoms with Gasteiger partial charge in [0.1, 0.15) is 11.9 Å². The summed E-state index contributed by atoms with van der Waals surface area (Å²) in [6.07, 6.45) is 3.20. The number of hydrogen-bond acceptors (Lipinski definition) is 6. The van der Waals surface area contributed by atoms with Crippen LogP contribution in [-0.4, -0.2) is 71.1 Å². The molecule has 0 unspecified atom stereocenters. The van der Waals surface area contributed by atoms with Crippen LogP contribution >= 0.6 is 0 Å². The number of nitrogens with one attached hydrogen (secondary N) is 3. The van der Waals surface area contributed by atoms with E-state index in [0.717, 1.165) is 32.4 Å². The first-order chi connectivity index (χ1) is 16.3. The number of likely N-dealkylation sites (tertiary alicyclic amines) is 1. The van der Waals surface area contributed by atoms with Gasteiger partial charge in [-0.05, 0) is 75.4 Å². The Balaban J connectivity index is 1.53. The third kappa shape index (κ3) is 7.72. The van der Waals surface area contributed by atoms with E-state index in [1.54, 1.807) is 4.90 Å². The van der Waals surface area contributed by atoms with Crippen molar-refractivity contribution >= 4 is 23.7 Å². The van der Waals surface area contributed by atoms with Crippen molar-refractivity contribution in [1.82, 2.24) is 20.9 Å². The van der Waals surface area contributed by atoms with Gasteiger partial charge in [0.25, 0.3) is 5.91 Å². The second kappa shape index (κ2) is 12.4. The maximum Gasteiger partial charge on any atom is 0.307 e. The number of aliphatic carboxylic acids is 1. The van der Waals surface area contributed by atoms with E-state index in [4.69, 9.17) is 0 Å². The van der Waals surface area contributed by atoms with E-state index < -0.39 is 30.4 Å². The van der Waals surface area contributed by atoms with Gasteiger partial charge in [-0.3, -0.25) is 19.2 Å². The van der Waals surface area contributed by atoms with Crippen LogP contribution in [0.2, 0.25) is 0 Å². The van der Waals surface area contributed by atoms with Crippen LogP contribution in [0.25, 0.3) is 0 Å². The normalized spacial score (nSPS) is 19.8. The molecule has 0 spiro atoms. The summed E-state index contributed by atoms with van der Waals surface area (Å²) >= 11 is 0. The summed E-state index contributed by atoms with van der Waals surface area (Å²) in [6, 6.07) is 5.49. The largest absolute Gasteiger partial charge is 0.508 e. The SMILES string of the molecule is O=C(O)C[C@H](NC(=O)c1ccc(O)cc1)NC(=O)[C@@H]1CCCN(C(=O)CCC2CCNCC2)C1. The van der Waals surface area contributed by atoms with Gasteiger partial charge in [0.2, 0.25) is 11.8 Å². The summed E-state index contributed by atoms with van der Waals surface area (Å²) in [4.78, 5) is 51.1. The molecule has 5 N–H and O–H groups in total. The maximum absolute atomic E-state index is 12.9. The Morgan fingerprint density at radius 2 is 1.76 bits per heavy atom. The van der Waals surface area contributed by atoms with Crippen molar-refractivity contribution in [2.75, 3.05) is 26.2 Å². The standard InChI is InChI=1S/C24H34N4O6/c29-19-6-4-17(5-7-19)23(33)26-20(14-22(31)32)27-24(34)18-2-1-13-28(15-18)21(30)8-3-16-9-11-25-12-10-16/h4-7,16,18,20,25,29H,1-3,8-15H2,(H,26,33)(H,27,34)(H,31,32)/t18-,20-/m1/s1. The molecule has 2 heterocycles. The predicted octanol–water partition coefficient (Wildman–Crippen LogP) is 1.06. The lowest BCUT2D eigenvalue weighted by atomic mass is 9.92. The summed E-state index contributed by atoms with van der Waals surface area (Å²) < 4.78 is 0. The molecule has 10 nitrogen and oxygen atoms in total. The molecular formula is C24H34N4O6. The second-order valence-corrected chi connectivity index (χ2v) is 9.09. The lowest BCUT2D eigenvalue weighted by Crippen LogP contribution is -2.53. The van der Waals surface area contributed by atoms with Crippen LogP contribution in [0.1, 0.15) is 55.3 Å². The number of carboxylic acid groups (broad SMARTS) is 1. The monoisotopic (exact) mass is 474 g/mol. The number of aromatic hydroxyl groups is 1. The Hall–Kier alpha value is -3.14. The molecule has 0 aromatic heterocycles. The summed E-state index contributed by atoms with van der Waals surface area (Å²) in [5, 5.41) is 27.1. The molecular weight excluding hydrogens is 440 g/mol. The Bertz CT molecular complexity index is 869. The van der Waals surface area contributed by atoms with Gasteiger partial charge in [0.05, 0.1) is 12.3 Å². The fourth-order valence-corrected chi connectivity index (χ4v) is 4.53. The van der Waals surface area contributed by atoms with Gasteiger partial charge in [0.15, 0.2) is 0 Å². The molecule has 0 saturated carbocycles. The van der Waals surface area contributed by atoms with Gasteiger partial charge in [-0.25, -0.2) is 0 Å². The zero-order valence-corrected chi connectivity index (χ0v) is 19.3. The second-order valence-electron chi connectivity index (χ2n) is 9.09. The van der Waals surface area contributed by atoms with Crippen LogP contribution in [0.3, 0.4) is 0 Å². The number of phenols is 1. The van der Waals surface area contributed by atoms with Gasteiger partial charge in [0, 0.05) is 25.1 Å². The minimum atomic E-state index is -1.17. The fraction of sp³-hybridized carbons (Fsp3) is 0.583. The van der Waals surface area contributed by atoms with Crippen LogP contribution in [-0.2, 0) is 14.4 Å². The molecule has 2 fully saturated rings. The highest BCUT2D eigenvalue weighted by molar-refractivity contribution is 5.95. The third-order valence-corrected chi connectivity index (χ3v) is 6.50. The van der Waals surface area contributed by atoms with Gasteiger partial charge in [-0.1, -0.05) is 0 Å². The first-order valence-corrected chi connectivity index (χ1v) is 11.9. The van der Waals surface area contributed by atoms with Crippen LogP contribution < -0.4 is 16.0 Å². The summed E-state index contributed by atoms with van der Waals surface area (Å²) in [5.74, 6) is -1.97. The number of nitrogens with zero attached hydrogens (tertiary/aromatic N) is 1. The zero-order valence-electron chi connectivity index (χ0n) is 19.3. The van der Waals surface area contributed by atoms with E-state index >= 15 is 0 Å². The van der Waals surface area contributed by atoms with E-state index in [0.29, 0.717) is 38.3 Å². The first kappa shape index (κ1) is 25.5. The van der Waals surface area contributed by atoms with E-state index in [-0.39, 0.29) is 23.1 Å². The lowest BCUT2D eigenvalue weighted by Gasteiger charge is -2.33. The van der Waals surface area contributed by atoms with Crippen molar-refractivity contribution in [2.24, 2.45) is 11.8 Å². The molecule has 3 amide bonds. The highest BCUT2D eigenvalue weighted by Crippen LogP contribution is 2.22. The molecule has 3 rings (SSSR count). The molecule has 2 saturated heterocycles. The average molecular weight is 475 g/mol.